The predicted molar refractivity (Wildman–Crippen MR) is 97.5 cm³/mol. The molecule has 0 unspecified atom stereocenters. The summed E-state index contributed by atoms with van der Waals surface area (Å²) in [4.78, 5) is 0. The van der Waals surface area contributed by atoms with Gasteiger partial charge in [0.1, 0.15) is 0 Å². The van der Waals surface area contributed by atoms with E-state index in [9.17, 15) is 0 Å². The van der Waals surface area contributed by atoms with E-state index in [0.717, 1.165) is 25.7 Å². The number of rotatable bonds is 5. The summed E-state index contributed by atoms with van der Waals surface area (Å²) in [6.45, 7) is 12.3. The fourth-order valence-corrected chi connectivity index (χ4v) is 3.05. The quantitative estimate of drug-likeness (QED) is 0.356. The van der Waals surface area contributed by atoms with Crippen molar-refractivity contribution in [2.45, 2.75) is 52.4 Å². The molecule has 0 saturated carbocycles. The van der Waals surface area contributed by atoms with Gasteiger partial charge in [0.15, 0.2) is 0 Å². The molecular formula is C20H28N2. The Balaban J connectivity index is 1.81. The maximum atomic E-state index is 4.21. The molecule has 2 rings (SSSR count). The Bertz CT molecular complexity index is 496. The second-order valence-corrected chi connectivity index (χ2v) is 6.68. The molecular weight excluding hydrogens is 268 g/mol. The molecule has 2 atom stereocenters. The Labute approximate surface area is 135 Å². The monoisotopic (exact) mass is 296 g/mol. The lowest BCUT2D eigenvalue weighted by Crippen LogP contribution is -2.07. The molecule has 118 valence electrons. The third kappa shape index (κ3) is 4.94. The van der Waals surface area contributed by atoms with Gasteiger partial charge in [-0.2, -0.15) is 10.2 Å². The van der Waals surface area contributed by atoms with Crippen LogP contribution in [0.4, 0.5) is 0 Å². The minimum absolute atomic E-state index is 0.648. The maximum absolute atomic E-state index is 4.21. The molecule has 0 fully saturated rings. The molecule has 0 aromatic rings. The average molecular weight is 296 g/mol. The van der Waals surface area contributed by atoms with Crippen LogP contribution in [0.15, 0.2) is 57.8 Å². The van der Waals surface area contributed by atoms with Crippen LogP contribution in [0.3, 0.4) is 0 Å². The second-order valence-electron chi connectivity index (χ2n) is 6.68. The number of nitrogens with zero attached hydrogens (tertiary/aromatic N) is 2. The molecule has 0 aliphatic heterocycles. The lowest BCUT2D eigenvalue weighted by Gasteiger charge is -2.20. The van der Waals surface area contributed by atoms with E-state index >= 15 is 0 Å². The molecule has 2 heteroatoms. The molecule has 0 aromatic carbocycles. The van der Waals surface area contributed by atoms with E-state index in [1.807, 2.05) is 12.4 Å². The largest absolute Gasteiger partial charge is 0.159 e. The van der Waals surface area contributed by atoms with Gasteiger partial charge in [0.05, 0.1) is 12.4 Å². The van der Waals surface area contributed by atoms with Crippen molar-refractivity contribution in [3.63, 3.8) is 0 Å². The van der Waals surface area contributed by atoms with Crippen molar-refractivity contribution in [2.75, 3.05) is 0 Å². The van der Waals surface area contributed by atoms with Gasteiger partial charge in [-0.25, -0.2) is 0 Å². The van der Waals surface area contributed by atoms with Crippen LogP contribution in [0.5, 0.6) is 0 Å². The van der Waals surface area contributed by atoms with Gasteiger partial charge < -0.3 is 0 Å². The van der Waals surface area contributed by atoms with Crippen molar-refractivity contribution >= 4 is 12.4 Å². The zero-order valence-electron chi connectivity index (χ0n) is 14.0. The third-order valence-corrected chi connectivity index (χ3v) is 4.80. The van der Waals surface area contributed by atoms with Crippen molar-refractivity contribution < 1.29 is 0 Å². The predicted octanol–water partition coefficient (Wildman–Crippen LogP) is 5.65. The minimum Gasteiger partial charge on any atom is -0.159 e. The summed E-state index contributed by atoms with van der Waals surface area (Å²) in [5.74, 6) is 1.30. The summed E-state index contributed by atoms with van der Waals surface area (Å²) in [5.41, 5.74) is 5.19. The molecule has 0 spiro atoms. The van der Waals surface area contributed by atoms with Crippen LogP contribution in [0.1, 0.15) is 52.4 Å². The van der Waals surface area contributed by atoms with Gasteiger partial charge in [0.2, 0.25) is 0 Å². The molecule has 2 nitrogen and oxygen atoms in total. The highest BCUT2D eigenvalue weighted by atomic mass is 15.2. The van der Waals surface area contributed by atoms with E-state index in [1.54, 1.807) is 0 Å². The Kier molecular flexibility index (Phi) is 6.11. The highest BCUT2D eigenvalue weighted by Gasteiger charge is 2.14. The average Bonchev–Trinajstić information content (AvgIpc) is 2.52. The third-order valence-electron chi connectivity index (χ3n) is 4.80. The number of hydrogen-bond acceptors (Lipinski definition) is 2. The Morgan fingerprint density at radius 3 is 1.59 bits per heavy atom. The van der Waals surface area contributed by atoms with E-state index < -0.39 is 0 Å². The zero-order valence-corrected chi connectivity index (χ0v) is 14.0. The first-order valence-corrected chi connectivity index (χ1v) is 8.31. The highest BCUT2D eigenvalue weighted by Crippen LogP contribution is 2.28. The van der Waals surface area contributed by atoms with E-state index in [2.05, 4.69) is 49.4 Å². The summed E-state index contributed by atoms with van der Waals surface area (Å²) in [6.07, 6.45) is 15.1. The van der Waals surface area contributed by atoms with E-state index in [4.69, 9.17) is 0 Å². The first kappa shape index (κ1) is 16.7. The number of allylic oxidation sites excluding steroid dienone is 6. The van der Waals surface area contributed by atoms with E-state index in [-0.39, 0.29) is 0 Å². The molecule has 0 aromatic heterocycles. The number of hydrogen-bond donors (Lipinski definition) is 0. The molecule has 2 aliphatic carbocycles. The van der Waals surface area contributed by atoms with Gasteiger partial charge in [0.25, 0.3) is 0 Å². The van der Waals surface area contributed by atoms with Crippen molar-refractivity contribution in [3.05, 3.63) is 47.6 Å². The molecule has 0 N–H and O–H groups in total. The first-order chi connectivity index (χ1) is 10.6. The van der Waals surface area contributed by atoms with Gasteiger partial charge in [-0.05, 0) is 75.4 Å². The fraction of sp³-hybridized carbons (Fsp3) is 0.500. The summed E-state index contributed by atoms with van der Waals surface area (Å²) in [6, 6.07) is 0. The lowest BCUT2D eigenvalue weighted by atomic mass is 9.86. The Morgan fingerprint density at radius 2 is 1.32 bits per heavy atom. The SMILES string of the molecule is C=C(C)[C@@H]1CC=C(C=NN=CC2=CC[C@@H](C(=C)C)CC2)CC1. The van der Waals surface area contributed by atoms with Crippen LogP contribution in [0.25, 0.3) is 0 Å². The summed E-state index contributed by atoms with van der Waals surface area (Å²) in [5, 5.41) is 8.42. The van der Waals surface area contributed by atoms with Crippen LogP contribution in [0.2, 0.25) is 0 Å². The molecule has 0 amide bonds. The van der Waals surface area contributed by atoms with Crippen LogP contribution >= 0.6 is 0 Å². The zero-order chi connectivity index (χ0) is 15.9. The molecule has 0 saturated heterocycles. The topological polar surface area (TPSA) is 24.7 Å². The summed E-state index contributed by atoms with van der Waals surface area (Å²) < 4.78 is 0. The van der Waals surface area contributed by atoms with Crippen LogP contribution in [-0.4, -0.2) is 12.4 Å². The normalized spacial score (nSPS) is 26.1. The standard InChI is InChI=1S/C20H28N2/c1-15(2)19-9-5-17(6-10-19)13-21-22-14-18-7-11-20(12-8-18)16(3)4/h5,7,13-14,19-20H,1,3,6,8-12H2,2,4H3/t19-,20-/m1/s1. The van der Waals surface area contributed by atoms with Crippen LogP contribution < -0.4 is 0 Å². The maximum Gasteiger partial charge on any atom is 0.0524 e. The van der Waals surface area contributed by atoms with Crippen molar-refractivity contribution in [3.8, 4) is 0 Å². The fourth-order valence-electron chi connectivity index (χ4n) is 3.05. The van der Waals surface area contributed by atoms with E-state index in [1.165, 1.54) is 35.1 Å². The minimum atomic E-state index is 0.648. The molecule has 22 heavy (non-hydrogen) atoms. The highest BCUT2D eigenvalue weighted by molar-refractivity contribution is 5.81. The molecule has 0 radical (unpaired) electrons. The van der Waals surface area contributed by atoms with E-state index in [0.29, 0.717) is 11.8 Å². The van der Waals surface area contributed by atoms with Crippen molar-refractivity contribution in [2.24, 2.45) is 22.0 Å². The molecule has 0 heterocycles. The van der Waals surface area contributed by atoms with Crippen LogP contribution in [-0.2, 0) is 0 Å². The van der Waals surface area contributed by atoms with Gasteiger partial charge in [0, 0.05) is 0 Å². The molecule has 0 bridgehead atoms. The second kappa shape index (κ2) is 8.07. The van der Waals surface area contributed by atoms with Crippen LogP contribution in [0, 0.1) is 11.8 Å². The molecule has 2 aliphatic rings. The van der Waals surface area contributed by atoms with Gasteiger partial charge in [-0.1, -0.05) is 36.5 Å². The van der Waals surface area contributed by atoms with Crippen molar-refractivity contribution in [1.29, 1.82) is 0 Å². The van der Waals surface area contributed by atoms with Gasteiger partial charge in [-0.15, -0.1) is 0 Å². The van der Waals surface area contributed by atoms with Gasteiger partial charge >= 0.3 is 0 Å². The first-order valence-electron chi connectivity index (χ1n) is 8.31. The lowest BCUT2D eigenvalue weighted by molar-refractivity contribution is 0.548. The smallest absolute Gasteiger partial charge is 0.0524 e. The summed E-state index contributed by atoms with van der Waals surface area (Å²) >= 11 is 0. The van der Waals surface area contributed by atoms with Gasteiger partial charge in [-0.3, -0.25) is 0 Å². The van der Waals surface area contributed by atoms with Crippen molar-refractivity contribution in [1.82, 2.24) is 0 Å². The Hall–Kier alpha value is -1.70. The Morgan fingerprint density at radius 1 is 0.909 bits per heavy atom. The summed E-state index contributed by atoms with van der Waals surface area (Å²) in [7, 11) is 0.